The Morgan fingerprint density at radius 1 is 1.33 bits per heavy atom. The smallest absolute Gasteiger partial charge is 0.414 e. The van der Waals surface area contributed by atoms with Crippen molar-refractivity contribution < 1.29 is 27.4 Å². The average molecular weight is 360 g/mol. The number of hydrogen-bond acceptors (Lipinski definition) is 5. The minimum absolute atomic E-state index is 0.0609. The van der Waals surface area contributed by atoms with Crippen molar-refractivity contribution in [3.8, 4) is 0 Å². The van der Waals surface area contributed by atoms with Crippen LogP contribution in [-0.4, -0.2) is 40.1 Å². The van der Waals surface area contributed by atoms with E-state index in [0.29, 0.717) is 0 Å². The molecule has 24 heavy (non-hydrogen) atoms. The molecule has 9 heteroatoms. The fraction of sp³-hybridized carbons (Fsp3) is 0.400. The number of carbonyl (C=O) groups excluding carboxylic acids is 1. The van der Waals surface area contributed by atoms with Gasteiger partial charge in [0.25, 0.3) is 0 Å². The van der Waals surface area contributed by atoms with Crippen molar-refractivity contribution >= 4 is 22.4 Å². The molecule has 4 N–H and O–H groups in total. The van der Waals surface area contributed by atoms with Gasteiger partial charge in [-0.2, -0.15) is 10.6 Å². The largest absolute Gasteiger partial charge is 0.443 e. The molecule has 1 aromatic rings. The topological polar surface area (TPSA) is 96.0 Å². The Hall–Kier alpha value is -1.68. The molecule has 132 valence electrons. The summed E-state index contributed by atoms with van der Waals surface area (Å²) in [6.45, 7) is 0.266. The molecule has 3 rings (SSSR count). The number of hydrogen-bond donors (Lipinski definition) is 3. The average Bonchev–Trinajstić information content (AvgIpc) is 2.89. The zero-order chi connectivity index (χ0) is 17.5. The van der Waals surface area contributed by atoms with Gasteiger partial charge in [0.15, 0.2) is 0 Å². The zero-order valence-corrected chi connectivity index (χ0v) is 13.5. The highest BCUT2D eigenvalue weighted by molar-refractivity contribution is 8.26. The van der Waals surface area contributed by atoms with E-state index >= 15 is 0 Å². The predicted molar refractivity (Wildman–Crippen MR) is 87.2 cm³/mol. The second kappa shape index (κ2) is 6.32. The van der Waals surface area contributed by atoms with E-state index in [9.17, 15) is 22.7 Å². The van der Waals surface area contributed by atoms with Crippen LogP contribution in [0.3, 0.4) is 0 Å². The first-order valence-corrected chi connectivity index (χ1v) is 9.20. The van der Waals surface area contributed by atoms with Gasteiger partial charge in [0.1, 0.15) is 17.7 Å². The number of anilines is 1. The molecule has 0 radical (unpaired) electrons. The molecule has 0 aliphatic carbocycles. The quantitative estimate of drug-likeness (QED) is 0.770. The first-order valence-electron chi connectivity index (χ1n) is 7.42. The number of halogens is 2. The Balaban J connectivity index is 1.89. The zero-order valence-electron chi connectivity index (χ0n) is 12.7. The summed E-state index contributed by atoms with van der Waals surface area (Å²) in [6.07, 6.45) is 0.444. The monoisotopic (exact) mass is 360 g/mol. The molecule has 2 aliphatic heterocycles. The number of rotatable bonds is 3. The van der Waals surface area contributed by atoms with Crippen molar-refractivity contribution in [3.05, 3.63) is 40.8 Å². The van der Waals surface area contributed by atoms with E-state index in [0.717, 1.165) is 17.0 Å². The summed E-state index contributed by atoms with van der Waals surface area (Å²) in [5.74, 6) is -2.10. The highest BCUT2D eigenvalue weighted by Crippen LogP contribution is 2.48. The lowest BCUT2D eigenvalue weighted by Gasteiger charge is -2.34. The molecule has 1 saturated heterocycles. The fourth-order valence-electron chi connectivity index (χ4n) is 2.86. The summed E-state index contributed by atoms with van der Waals surface area (Å²) in [7, 11) is -2.79. The maximum atomic E-state index is 14.5. The molecule has 2 aliphatic rings. The third-order valence-electron chi connectivity index (χ3n) is 4.14. The van der Waals surface area contributed by atoms with Crippen LogP contribution >= 0.6 is 10.6 Å². The molecule has 6 nitrogen and oxygen atoms in total. The van der Waals surface area contributed by atoms with Gasteiger partial charge in [0.05, 0.1) is 12.2 Å². The highest BCUT2D eigenvalue weighted by Gasteiger charge is 2.33. The van der Waals surface area contributed by atoms with Crippen molar-refractivity contribution in [2.24, 2.45) is 5.73 Å². The molecule has 1 amide bonds. The molecule has 2 atom stereocenters. The number of nitrogens with two attached hydrogens (primary N) is 1. The first-order chi connectivity index (χ1) is 11.3. The van der Waals surface area contributed by atoms with E-state index in [2.05, 4.69) is 0 Å². The molecular formula is C15H18F2N2O4S. The van der Waals surface area contributed by atoms with Gasteiger partial charge in [-0.1, -0.05) is 6.08 Å². The summed E-state index contributed by atoms with van der Waals surface area (Å²) in [4.78, 5) is 12.9. The lowest BCUT2D eigenvalue weighted by atomic mass is 9.95. The molecule has 0 spiro atoms. The van der Waals surface area contributed by atoms with Gasteiger partial charge < -0.3 is 10.5 Å². The van der Waals surface area contributed by atoms with Crippen LogP contribution in [0.15, 0.2) is 23.6 Å². The number of benzene rings is 1. The lowest BCUT2D eigenvalue weighted by molar-refractivity contribution is 0.145. The Morgan fingerprint density at radius 2 is 2.00 bits per heavy atom. The van der Waals surface area contributed by atoms with Crippen LogP contribution in [0.4, 0.5) is 19.3 Å². The van der Waals surface area contributed by atoms with E-state index in [-0.39, 0.29) is 36.5 Å². The van der Waals surface area contributed by atoms with E-state index in [1.165, 1.54) is 11.5 Å². The number of carbonyl (C=O) groups is 1. The normalized spacial score (nSPS) is 27.2. The second-order valence-electron chi connectivity index (χ2n) is 5.82. The number of nitrogens with zero attached hydrogens (tertiary/aromatic N) is 1. The van der Waals surface area contributed by atoms with E-state index in [1.54, 1.807) is 0 Å². The van der Waals surface area contributed by atoms with Crippen molar-refractivity contribution in [1.29, 1.82) is 0 Å². The Kier molecular flexibility index (Phi) is 4.52. The van der Waals surface area contributed by atoms with Gasteiger partial charge in [0, 0.05) is 29.2 Å². The Bertz CT molecular complexity index is 675. The molecule has 0 aromatic heterocycles. The summed E-state index contributed by atoms with van der Waals surface area (Å²) >= 11 is 0. The van der Waals surface area contributed by atoms with Crippen LogP contribution < -0.4 is 10.6 Å². The molecule has 0 bridgehead atoms. The molecule has 1 unspecified atom stereocenters. The fourth-order valence-corrected chi connectivity index (χ4v) is 4.04. The lowest BCUT2D eigenvalue weighted by Crippen LogP contribution is -2.27. The minimum atomic E-state index is -2.79. The van der Waals surface area contributed by atoms with Crippen LogP contribution in [0.1, 0.15) is 17.9 Å². The van der Waals surface area contributed by atoms with Gasteiger partial charge in [-0.05, 0) is 18.6 Å². The van der Waals surface area contributed by atoms with Gasteiger partial charge in [0.2, 0.25) is 0 Å². The summed E-state index contributed by atoms with van der Waals surface area (Å²) in [5.41, 5.74) is 5.36. The van der Waals surface area contributed by atoms with E-state index in [1.807, 2.05) is 0 Å². The van der Waals surface area contributed by atoms with Crippen LogP contribution in [0, 0.1) is 11.6 Å². The number of amides is 1. The van der Waals surface area contributed by atoms with Gasteiger partial charge in [-0.3, -0.25) is 14.0 Å². The molecule has 1 fully saturated rings. The maximum Gasteiger partial charge on any atom is 0.414 e. The summed E-state index contributed by atoms with van der Waals surface area (Å²) in [5, 5.41) is 1.21. The third-order valence-corrected chi connectivity index (χ3v) is 5.57. The van der Waals surface area contributed by atoms with Crippen molar-refractivity contribution in [1.82, 2.24) is 0 Å². The van der Waals surface area contributed by atoms with E-state index in [4.69, 9.17) is 10.5 Å². The number of allylic oxidation sites excluding steroid dienone is 1. The molecule has 0 saturated carbocycles. The van der Waals surface area contributed by atoms with Gasteiger partial charge in [-0.25, -0.2) is 13.6 Å². The van der Waals surface area contributed by atoms with Crippen molar-refractivity contribution in [2.75, 3.05) is 23.7 Å². The SMILES string of the molecule is NC[C@H]1CN(c2cc(F)c(C3C=CS(O)(O)CC3)c(F)c2)C(=O)O1. The first kappa shape index (κ1) is 17.2. The molecule has 2 heterocycles. The minimum Gasteiger partial charge on any atom is -0.443 e. The van der Waals surface area contributed by atoms with E-state index < -0.39 is 40.3 Å². The Morgan fingerprint density at radius 3 is 2.50 bits per heavy atom. The van der Waals surface area contributed by atoms with Crippen molar-refractivity contribution in [3.63, 3.8) is 0 Å². The van der Waals surface area contributed by atoms with Crippen LogP contribution in [0.5, 0.6) is 0 Å². The van der Waals surface area contributed by atoms with Crippen LogP contribution in [-0.2, 0) is 4.74 Å². The third kappa shape index (κ3) is 3.25. The standard InChI is InChI=1S/C15H18F2N2O4S/c16-12-5-10(19-8-11(7-18)23-15(19)20)6-13(17)14(12)9-1-3-24(21,22)4-2-9/h1,3,5-6,9,11,21-22H,2,4,7-8,18H2/t9?,11-/m0/s1. The predicted octanol–water partition coefficient (Wildman–Crippen LogP) is 3.00. The summed E-state index contributed by atoms with van der Waals surface area (Å²) in [6, 6.07) is 2.16. The van der Waals surface area contributed by atoms with Crippen molar-refractivity contribution in [2.45, 2.75) is 18.4 Å². The van der Waals surface area contributed by atoms with Crippen LogP contribution in [0.2, 0.25) is 0 Å². The van der Waals surface area contributed by atoms with Gasteiger partial charge >= 0.3 is 6.09 Å². The Labute approximate surface area is 139 Å². The molecule has 1 aromatic carbocycles. The molecular weight excluding hydrogens is 342 g/mol. The van der Waals surface area contributed by atoms with Crippen LogP contribution in [0.25, 0.3) is 0 Å². The maximum absolute atomic E-state index is 14.5. The second-order valence-corrected chi connectivity index (χ2v) is 7.94. The van der Waals surface area contributed by atoms with Gasteiger partial charge in [-0.15, -0.1) is 0 Å². The number of cyclic esters (lactones) is 1. The highest BCUT2D eigenvalue weighted by atomic mass is 32.3. The number of ether oxygens (including phenoxy) is 1. The summed E-state index contributed by atoms with van der Waals surface area (Å²) < 4.78 is 53.0.